The van der Waals surface area contributed by atoms with Crippen LogP contribution in [-0.2, 0) is 6.42 Å². The van der Waals surface area contributed by atoms with Crippen LogP contribution in [0.4, 0.5) is 0 Å². The fourth-order valence-corrected chi connectivity index (χ4v) is 1.99. The molecule has 0 saturated heterocycles. The maximum absolute atomic E-state index is 11.3. The van der Waals surface area contributed by atoms with Crippen molar-refractivity contribution in [3.8, 4) is 0 Å². The highest BCUT2D eigenvalue weighted by Crippen LogP contribution is 2.25. The van der Waals surface area contributed by atoms with Gasteiger partial charge in [-0.25, -0.2) is 0 Å². The molecule has 0 aliphatic heterocycles. The van der Waals surface area contributed by atoms with Crippen LogP contribution in [0.3, 0.4) is 0 Å². The lowest BCUT2D eigenvalue weighted by atomic mass is 10.1. The average Bonchev–Trinajstić information content (AvgIpc) is 2.30. The fraction of sp³-hybridized carbons (Fsp3) is 0.222. The summed E-state index contributed by atoms with van der Waals surface area (Å²) >= 11 is 3.33. The van der Waals surface area contributed by atoms with Crippen molar-refractivity contribution in [3.05, 3.63) is 35.4 Å². The molecule has 2 rings (SSSR count). The zero-order valence-corrected chi connectivity index (χ0v) is 7.47. The van der Waals surface area contributed by atoms with Crippen molar-refractivity contribution in [1.82, 2.24) is 0 Å². The highest BCUT2D eigenvalue weighted by molar-refractivity contribution is 9.10. The number of rotatable bonds is 0. The molecule has 1 aliphatic carbocycles. The normalized spacial score (nSPS) is 21.9. The topological polar surface area (TPSA) is 17.1 Å². The van der Waals surface area contributed by atoms with Crippen molar-refractivity contribution in [2.45, 2.75) is 11.2 Å². The summed E-state index contributed by atoms with van der Waals surface area (Å²) in [6, 6.07) is 7.77. The van der Waals surface area contributed by atoms with E-state index in [2.05, 4.69) is 15.9 Å². The molecule has 0 spiro atoms. The lowest BCUT2D eigenvalue weighted by Crippen LogP contribution is -2.05. The lowest BCUT2D eigenvalue weighted by Gasteiger charge is -1.92. The third-order valence-corrected chi connectivity index (χ3v) is 2.71. The largest absolute Gasteiger partial charge is 0.293 e. The number of fused-ring (bicyclic) bond motifs is 1. The van der Waals surface area contributed by atoms with E-state index < -0.39 is 0 Å². The van der Waals surface area contributed by atoms with E-state index in [1.165, 1.54) is 5.56 Å². The number of halogens is 1. The smallest absolute Gasteiger partial charge is 0.177 e. The summed E-state index contributed by atoms with van der Waals surface area (Å²) in [5.41, 5.74) is 2.05. The molecule has 0 unspecified atom stereocenters. The molecule has 1 aromatic rings. The molecule has 0 heterocycles. The minimum atomic E-state index is 0.0138. The monoisotopic (exact) mass is 210 g/mol. The molecule has 0 N–H and O–H groups in total. The predicted molar refractivity (Wildman–Crippen MR) is 47.2 cm³/mol. The summed E-state index contributed by atoms with van der Waals surface area (Å²) < 4.78 is 0. The van der Waals surface area contributed by atoms with Crippen molar-refractivity contribution in [3.63, 3.8) is 0 Å². The second kappa shape index (κ2) is 2.45. The van der Waals surface area contributed by atoms with E-state index in [0.717, 1.165) is 12.0 Å². The summed E-state index contributed by atoms with van der Waals surface area (Å²) in [4.78, 5) is 11.4. The van der Waals surface area contributed by atoms with Gasteiger partial charge >= 0.3 is 0 Å². The van der Waals surface area contributed by atoms with E-state index in [4.69, 9.17) is 0 Å². The van der Waals surface area contributed by atoms with Crippen LogP contribution in [-0.4, -0.2) is 10.6 Å². The highest BCUT2D eigenvalue weighted by Gasteiger charge is 2.27. The van der Waals surface area contributed by atoms with Crippen LogP contribution >= 0.6 is 15.9 Å². The van der Waals surface area contributed by atoms with Gasteiger partial charge in [0.2, 0.25) is 0 Å². The quantitative estimate of drug-likeness (QED) is 0.601. The van der Waals surface area contributed by atoms with Crippen LogP contribution in [0.2, 0.25) is 0 Å². The lowest BCUT2D eigenvalue weighted by molar-refractivity contribution is 0.100. The van der Waals surface area contributed by atoms with Gasteiger partial charge in [0, 0.05) is 5.56 Å². The molecule has 1 atom stereocenters. The van der Waals surface area contributed by atoms with Gasteiger partial charge in [-0.05, 0) is 12.0 Å². The minimum Gasteiger partial charge on any atom is -0.293 e. The van der Waals surface area contributed by atoms with E-state index in [1.54, 1.807) is 0 Å². The van der Waals surface area contributed by atoms with Gasteiger partial charge in [0.15, 0.2) is 5.78 Å². The fourth-order valence-electron chi connectivity index (χ4n) is 1.39. The number of benzene rings is 1. The van der Waals surface area contributed by atoms with Crippen LogP contribution in [0, 0.1) is 0 Å². The molecular weight excluding hydrogens is 204 g/mol. The SMILES string of the molecule is O=C1c2ccccc2C[C@@H]1Br. The summed E-state index contributed by atoms with van der Waals surface area (Å²) in [5, 5.41) is 0. The van der Waals surface area contributed by atoms with E-state index in [0.29, 0.717) is 0 Å². The molecular formula is C9H7BrO. The first kappa shape index (κ1) is 7.04. The van der Waals surface area contributed by atoms with Crippen molar-refractivity contribution in [2.75, 3.05) is 0 Å². The summed E-state index contributed by atoms with van der Waals surface area (Å²) in [5.74, 6) is 0.223. The zero-order chi connectivity index (χ0) is 7.84. The molecule has 0 radical (unpaired) electrons. The first-order chi connectivity index (χ1) is 5.29. The number of Topliss-reactive ketones (excluding diaryl/α,β-unsaturated/α-hetero) is 1. The molecule has 11 heavy (non-hydrogen) atoms. The van der Waals surface area contributed by atoms with Gasteiger partial charge in [0.25, 0.3) is 0 Å². The Kier molecular flexibility index (Phi) is 1.57. The van der Waals surface area contributed by atoms with Crippen LogP contribution in [0.1, 0.15) is 15.9 Å². The Labute approximate surface area is 73.5 Å². The molecule has 0 aromatic heterocycles. The van der Waals surface area contributed by atoms with Gasteiger partial charge in [-0.1, -0.05) is 40.2 Å². The molecule has 0 bridgehead atoms. The van der Waals surface area contributed by atoms with Crippen LogP contribution in [0.25, 0.3) is 0 Å². The van der Waals surface area contributed by atoms with Crippen molar-refractivity contribution in [1.29, 1.82) is 0 Å². The van der Waals surface area contributed by atoms with Crippen LogP contribution in [0.5, 0.6) is 0 Å². The van der Waals surface area contributed by atoms with Crippen molar-refractivity contribution >= 4 is 21.7 Å². The van der Waals surface area contributed by atoms with Gasteiger partial charge in [0.1, 0.15) is 0 Å². The van der Waals surface area contributed by atoms with Crippen LogP contribution < -0.4 is 0 Å². The zero-order valence-electron chi connectivity index (χ0n) is 5.88. The molecule has 0 saturated carbocycles. The second-order valence-electron chi connectivity index (χ2n) is 2.69. The first-order valence-electron chi connectivity index (χ1n) is 3.55. The van der Waals surface area contributed by atoms with Gasteiger partial charge in [-0.15, -0.1) is 0 Å². The number of alkyl halides is 1. The molecule has 2 heteroatoms. The Balaban J connectivity index is 2.55. The van der Waals surface area contributed by atoms with E-state index in [-0.39, 0.29) is 10.6 Å². The number of carbonyl (C=O) groups is 1. The Morgan fingerprint density at radius 3 is 2.82 bits per heavy atom. The average molecular weight is 211 g/mol. The molecule has 0 amide bonds. The summed E-state index contributed by atoms with van der Waals surface area (Å²) in [6.07, 6.45) is 0.842. The second-order valence-corrected chi connectivity index (χ2v) is 3.80. The van der Waals surface area contributed by atoms with Crippen LogP contribution in [0.15, 0.2) is 24.3 Å². The predicted octanol–water partition coefficient (Wildman–Crippen LogP) is 2.19. The number of hydrogen-bond acceptors (Lipinski definition) is 1. The van der Waals surface area contributed by atoms with E-state index in [9.17, 15) is 4.79 Å². The first-order valence-corrected chi connectivity index (χ1v) is 4.47. The minimum absolute atomic E-state index is 0.0138. The third-order valence-electron chi connectivity index (χ3n) is 1.97. The molecule has 1 aromatic carbocycles. The molecule has 1 nitrogen and oxygen atoms in total. The molecule has 56 valence electrons. The summed E-state index contributed by atoms with van der Waals surface area (Å²) in [6.45, 7) is 0. The number of ketones is 1. The Morgan fingerprint density at radius 1 is 1.36 bits per heavy atom. The standard InChI is InChI=1S/C9H7BrO/c10-8-5-6-3-1-2-4-7(6)9(8)11/h1-4,8H,5H2/t8-/m0/s1. The summed E-state index contributed by atoms with van der Waals surface area (Å²) in [7, 11) is 0. The number of carbonyl (C=O) groups excluding carboxylic acids is 1. The Morgan fingerprint density at radius 2 is 2.09 bits per heavy atom. The van der Waals surface area contributed by atoms with Gasteiger partial charge < -0.3 is 0 Å². The number of hydrogen-bond donors (Lipinski definition) is 0. The maximum Gasteiger partial charge on any atom is 0.177 e. The van der Waals surface area contributed by atoms with Gasteiger partial charge in [-0.2, -0.15) is 0 Å². The Hall–Kier alpha value is -0.630. The molecule has 0 fully saturated rings. The van der Waals surface area contributed by atoms with Crippen molar-refractivity contribution < 1.29 is 4.79 Å². The van der Waals surface area contributed by atoms with E-state index >= 15 is 0 Å². The third kappa shape index (κ3) is 1.02. The Bertz CT molecular complexity index is 306. The maximum atomic E-state index is 11.3. The van der Waals surface area contributed by atoms with Crippen molar-refractivity contribution in [2.24, 2.45) is 0 Å². The van der Waals surface area contributed by atoms with Gasteiger partial charge in [0.05, 0.1) is 4.83 Å². The highest BCUT2D eigenvalue weighted by atomic mass is 79.9. The van der Waals surface area contributed by atoms with E-state index in [1.807, 2.05) is 24.3 Å². The van der Waals surface area contributed by atoms with Gasteiger partial charge in [-0.3, -0.25) is 4.79 Å². The molecule has 1 aliphatic rings.